The molecule has 1 rings (SSSR count). The number of aromatic nitrogens is 2. The molecule has 0 saturated heterocycles. The number of H-pyrrole nitrogens is 1. The SMILES string of the molecule is CCN(CC(=O)N(C)C)C(=O)c1cn[nH]c1. The van der Waals surface area contributed by atoms with Crippen molar-refractivity contribution in [2.24, 2.45) is 0 Å². The van der Waals surface area contributed by atoms with Gasteiger partial charge in [-0.3, -0.25) is 14.7 Å². The van der Waals surface area contributed by atoms with Crippen LogP contribution >= 0.6 is 0 Å². The standard InChI is InChI=1S/C10H16N4O2/c1-4-14(7-9(15)13(2)3)10(16)8-5-11-12-6-8/h5-6H,4,7H2,1-3H3,(H,11,12). The Bertz CT molecular complexity index is 359. The quantitative estimate of drug-likeness (QED) is 0.780. The average Bonchev–Trinajstić information content (AvgIpc) is 2.77. The zero-order valence-corrected chi connectivity index (χ0v) is 9.73. The van der Waals surface area contributed by atoms with Crippen LogP contribution in [0.1, 0.15) is 17.3 Å². The van der Waals surface area contributed by atoms with E-state index in [1.807, 2.05) is 6.92 Å². The molecule has 16 heavy (non-hydrogen) atoms. The highest BCUT2D eigenvalue weighted by atomic mass is 16.2. The summed E-state index contributed by atoms with van der Waals surface area (Å²) in [5, 5.41) is 6.28. The van der Waals surface area contributed by atoms with Crippen LogP contribution in [0.3, 0.4) is 0 Å². The van der Waals surface area contributed by atoms with Crippen molar-refractivity contribution in [2.75, 3.05) is 27.2 Å². The third-order valence-corrected chi connectivity index (χ3v) is 2.24. The highest BCUT2D eigenvalue weighted by Gasteiger charge is 2.18. The predicted octanol–water partition coefficient (Wildman–Crippen LogP) is -0.0400. The Hall–Kier alpha value is -1.85. The van der Waals surface area contributed by atoms with Gasteiger partial charge in [-0.2, -0.15) is 5.10 Å². The number of nitrogens with zero attached hydrogens (tertiary/aromatic N) is 3. The third kappa shape index (κ3) is 2.82. The molecule has 2 amide bonds. The molecule has 0 fully saturated rings. The van der Waals surface area contributed by atoms with Gasteiger partial charge in [-0.05, 0) is 6.92 Å². The second-order valence-electron chi connectivity index (χ2n) is 3.59. The lowest BCUT2D eigenvalue weighted by Crippen LogP contribution is -2.40. The lowest BCUT2D eigenvalue weighted by molar-refractivity contribution is -0.129. The topological polar surface area (TPSA) is 69.3 Å². The van der Waals surface area contributed by atoms with E-state index in [1.54, 1.807) is 14.1 Å². The molecule has 88 valence electrons. The lowest BCUT2D eigenvalue weighted by Gasteiger charge is -2.21. The van der Waals surface area contributed by atoms with Crippen molar-refractivity contribution in [3.05, 3.63) is 18.0 Å². The van der Waals surface area contributed by atoms with Gasteiger partial charge in [-0.1, -0.05) is 0 Å². The van der Waals surface area contributed by atoms with Crippen LogP contribution in [0.5, 0.6) is 0 Å². The van der Waals surface area contributed by atoms with E-state index in [0.29, 0.717) is 12.1 Å². The van der Waals surface area contributed by atoms with E-state index in [-0.39, 0.29) is 18.4 Å². The molecule has 1 aromatic heterocycles. The van der Waals surface area contributed by atoms with Gasteiger partial charge in [-0.15, -0.1) is 0 Å². The molecule has 1 aromatic rings. The normalized spacial score (nSPS) is 9.94. The van der Waals surface area contributed by atoms with E-state index >= 15 is 0 Å². The first-order valence-corrected chi connectivity index (χ1v) is 5.04. The number of amides is 2. The van der Waals surface area contributed by atoms with Gasteiger partial charge in [0, 0.05) is 26.8 Å². The molecule has 0 aliphatic heterocycles. The minimum absolute atomic E-state index is 0.0908. The van der Waals surface area contributed by atoms with Gasteiger partial charge >= 0.3 is 0 Å². The smallest absolute Gasteiger partial charge is 0.257 e. The number of hydrogen-bond donors (Lipinski definition) is 1. The summed E-state index contributed by atoms with van der Waals surface area (Å²) in [6, 6.07) is 0. The molecule has 0 saturated carbocycles. The highest BCUT2D eigenvalue weighted by Crippen LogP contribution is 2.02. The number of hydrogen-bond acceptors (Lipinski definition) is 3. The van der Waals surface area contributed by atoms with Crippen LogP contribution in [-0.4, -0.2) is 59.0 Å². The molecule has 0 aromatic carbocycles. The number of carbonyl (C=O) groups excluding carboxylic acids is 2. The van der Waals surface area contributed by atoms with E-state index in [0.717, 1.165) is 0 Å². The van der Waals surface area contributed by atoms with Crippen LogP contribution in [0.25, 0.3) is 0 Å². The summed E-state index contributed by atoms with van der Waals surface area (Å²) in [6.07, 6.45) is 2.97. The van der Waals surface area contributed by atoms with E-state index in [1.165, 1.54) is 22.2 Å². The monoisotopic (exact) mass is 224 g/mol. The zero-order chi connectivity index (χ0) is 12.1. The second-order valence-corrected chi connectivity index (χ2v) is 3.59. The Morgan fingerprint density at radius 3 is 2.56 bits per heavy atom. The maximum absolute atomic E-state index is 11.9. The van der Waals surface area contributed by atoms with Crippen LogP contribution in [0, 0.1) is 0 Å². The summed E-state index contributed by atoms with van der Waals surface area (Å²) < 4.78 is 0. The maximum atomic E-state index is 11.9. The fourth-order valence-corrected chi connectivity index (χ4v) is 1.18. The van der Waals surface area contributed by atoms with E-state index in [4.69, 9.17) is 0 Å². The van der Waals surface area contributed by atoms with Gasteiger partial charge in [0.2, 0.25) is 5.91 Å². The molecule has 0 bridgehead atoms. The van der Waals surface area contributed by atoms with Crippen molar-refractivity contribution in [1.82, 2.24) is 20.0 Å². The molecule has 0 unspecified atom stereocenters. The molecule has 0 atom stereocenters. The summed E-state index contributed by atoms with van der Waals surface area (Å²) in [5.74, 6) is -0.287. The van der Waals surface area contributed by atoms with E-state index in [2.05, 4.69) is 10.2 Å². The van der Waals surface area contributed by atoms with Gasteiger partial charge < -0.3 is 9.80 Å². The van der Waals surface area contributed by atoms with Crippen LogP contribution in [0.4, 0.5) is 0 Å². The van der Waals surface area contributed by atoms with Crippen molar-refractivity contribution < 1.29 is 9.59 Å². The maximum Gasteiger partial charge on any atom is 0.257 e. The molecule has 6 heteroatoms. The first-order valence-electron chi connectivity index (χ1n) is 5.04. The summed E-state index contributed by atoms with van der Waals surface area (Å²) >= 11 is 0. The Morgan fingerprint density at radius 2 is 2.12 bits per heavy atom. The zero-order valence-electron chi connectivity index (χ0n) is 9.73. The van der Waals surface area contributed by atoms with Crippen LogP contribution < -0.4 is 0 Å². The van der Waals surface area contributed by atoms with Crippen LogP contribution in [0.2, 0.25) is 0 Å². The van der Waals surface area contributed by atoms with Crippen molar-refractivity contribution in [2.45, 2.75) is 6.92 Å². The summed E-state index contributed by atoms with van der Waals surface area (Å²) in [7, 11) is 3.33. The van der Waals surface area contributed by atoms with Crippen molar-refractivity contribution >= 4 is 11.8 Å². The average molecular weight is 224 g/mol. The van der Waals surface area contributed by atoms with Crippen LogP contribution in [0.15, 0.2) is 12.4 Å². The van der Waals surface area contributed by atoms with Gasteiger partial charge in [0.25, 0.3) is 5.91 Å². The van der Waals surface area contributed by atoms with E-state index in [9.17, 15) is 9.59 Å². The first kappa shape index (κ1) is 12.2. The molecule has 0 radical (unpaired) electrons. The largest absolute Gasteiger partial charge is 0.347 e. The molecule has 0 spiro atoms. The fourth-order valence-electron chi connectivity index (χ4n) is 1.18. The molecule has 1 N–H and O–H groups in total. The fraction of sp³-hybridized carbons (Fsp3) is 0.500. The van der Waals surface area contributed by atoms with Crippen LogP contribution in [-0.2, 0) is 4.79 Å². The number of rotatable bonds is 4. The Labute approximate surface area is 94.2 Å². The minimum atomic E-state index is -0.188. The molecule has 0 aliphatic rings. The number of likely N-dealkylation sites (N-methyl/N-ethyl adjacent to an activating group) is 2. The molecule has 6 nitrogen and oxygen atoms in total. The Balaban J connectivity index is 2.68. The van der Waals surface area contributed by atoms with Crippen molar-refractivity contribution in [3.63, 3.8) is 0 Å². The summed E-state index contributed by atoms with van der Waals surface area (Å²) in [4.78, 5) is 26.3. The van der Waals surface area contributed by atoms with Crippen molar-refractivity contribution in [3.8, 4) is 0 Å². The minimum Gasteiger partial charge on any atom is -0.347 e. The molecule has 1 heterocycles. The molecule has 0 aliphatic carbocycles. The van der Waals surface area contributed by atoms with E-state index < -0.39 is 0 Å². The highest BCUT2D eigenvalue weighted by molar-refractivity contribution is 5.96. The Morgan fingerprint density at radius 1 is 1.44 bits per heavy atom. The second kappa shape index (κ2) is 5.29. The third-order valence-electron chi connectivity index (χ3n) is 2.24. The van der Waals surface area contributed by atoms with Gasteiger partial charge in [0.15, 0.2) is 0 Å². The predicted molar refractivity (Wildman–Crippen MR) is 58.9 cm³/mol. The number of carbonyl (C=O) groups is 2. The first-order chi connectivity index (χ1) is 7.56. The lowest BCUT2D eigenvalue weighted by atomic mass is 10.3. The summed E-state index contributed by atoms with van der Waals surface area (Å²) in [6.45, 7) is 2.41. The number of aromatic amines is 1. The van der Waals surface area contributed by atoms with Gasteiger partial charge in [0.05, 0.1) is 18.3 Å². The van der Waals surface area contributed by atoms with Crippen molar-refractivity contribution in [1.29, 1.82) is 0 Å². The van der Waals surface area contributed by atoms with Gasteiger partial charge in [-0.25, -0.2) is 0 Å². The van der Waals surface area contributed by atoms with Gasteiger partial charge in [0.1, 0.15) is 0 Å². The molecular weight excluding hydrogens is 208 g/mol. The number of nitrogens with one attached hydrogen (secondary N) is 1. The summed E-state index contributed by atoms with van der Waals surface area (Å²) in [5.41, 5.74) is 0.466. The Kier molecular flexibility index (Phi) is 4.04. The molecular formula is C10H16N4O2.